The summed E-state index contributed by atoms with van der Waals surface area (Å²) in [4.78, 5) is 11.7. The van der Waals surface area contributed by atoms with E-state index in [1.54, 1.807) is 0 Å². The number of hydrogen-bond acceptors (Lipinski definition) is 3. The maximum Gasteiger partial charge on any atom is 0.338 e. The Hall–Kier alpha value is -0.830. The molecule has 15 heavy (non-hydrogen) atoms. The summed E-state index contributed by atoms with van der Waals surface area (Å²) in [6.45, 7) is 11.7. The summed E-state index contributed by atoms with van der Waals surface area (Å²) < 4.78 is 11.0. The molecular weight excluding hydrogens is 192 g/mol. The lowest BCUT2D eigenvalue weighted by Gasteiger charge is -2.37. The fourth-order valence-electron chi connectivity index (χ4n) is 1.60. The van der Waals surface area contributed by atoms with Gasteiger partial charge in [0.05, 0.1) is 11.7 Å². The van der Waals surface area contributed by atoms with Gasteiger partial charge in [-0.05, 0) is 20.8 Å². The maximum atomic E-state index is 11.7. The van der Waals surface area contributed by atoms with E-state index in [1.165, 1.54) is 0 Å². The highest BCUT2D eigenvalue weighted by Gasteiger charge is 2.38. The standard InChI is InChI=1S/C12H20O3/c1-7(2)9-8(3)14-11(12(4,5)6)15-10(9)13/h8,11H,1-6H3/t8-,11-/m1/s1. The van der Waals surface area contributed by atoms with Crippen molar-refractivity contribution in [2.24, 2.45) is 5.41 Å². The SMILES string of the molecule is CC(C)=C1C(=O)O[C@H](C(C)(C)C)O[C@@H]1C. The highest BCUT2D eigenvalue weighted by atomic mass is 16.7. The Balaban J connectivity index is 2.90. The molecule has 0 aromatic heterocycles. The first kappa shape index (κ1) is 12.2. The van der Waals surface area contributed by atoms with Crippen molar-refractivity contribution in [3.63, 3.8) is 0 Å². The van der Waals surface area contributed by atoms with E-state index in [1.807, 2.05) is 41.5 Å². The molecule has 86 valence electrons. The molecule has 0 bridgehead atoms. The third kappa shape index (κ3) is 2.59. The number of cyclic esters (lactones) is 1. The van der Waals surface area contributed by atoms with Gasteiger partial charge in [0.1, 0.15) is 0 Å². The van der Waals surface area contributed by atoms with Gasteiger partial charge in [-0.25, -0.2) is 4.79 Å². The monoisotopic (exact) mass is 212 g/mol. The molecule has 1 rings (SSSR count). The summed E-state index contributed by atoms with van der Waals surface area (Å²) in [5.74, 6) is -0.242. The van der Waals surface area contributed by atoms with Crippen molar-refractivity contribution < 1.29 is 14.3 Å². The molecule has 0 unspecified atom stereocenters. The van der Waals surface area contributed by atoms with Crippen molar-refractivity contribution in [1.29, 1.82) is 0 Å². The number of carbonyl (C=O) groups excluding carboxylic acids is 1. The Labute approximate surface area is 91.4 Å². The molecule has 0 saturated carbocycles. The summed E-state index contributed by atoms with van der Waals surface area (Å²) >= 11 is 0. The molecule has 0 aliphatic carbocycles. The lowest BCUT2D eigenvalue weighted by atomic mass is 9.94. The zero-order valence-electron chi connectivity index (χ0n) is 10.4. The van der Waals surface area contributed by atoms with E-state index in [0.717, 1.165) is 5.57 Å². The highest BCUT2D eigenvalue weighted by Crippen LogP contribution is 2.31. The largest absolute Gasteiger partial charge is 0.432 e. The Morgan fingerprint density at radius 2 is 1.80 bits per heavy atom. The van der Waals surface area contributed by atoms with Crippen LogP contribution in [0.3, 0.4) is 0 Å². The summed E-state index contributed by atoms with van der Waals surface area (Å²) in [6.07, 6.45) is -0.636. The van der Waals surface area contributed by atoms with Crippen LogP contribution in [0.25, 0.3) is 0 Å². The van der Waals surface area contributed by atoms with Crippen molar-refractivity contribution >= 4 is 5.97 Å². The van der Waals surface area contributed by atoms with E-state index in [4.69, 9.17) is 9.47 Å². The average Bonchev–Trinajstić information content (AvgIpc) is 1.99. The molecule has 0 radical (unpaired) electrons. The Morgan fingerprint density at radius 1 is 1.27 bits per heavy atom. The van der Waals surface area contributed by atoms with E-state index in [-0.39, 0.29) is 17.5 Å². The van der Waals surface area contributed by atoms with Crippen LogP contribution in [-0.2, 0) is 14.3 Å². The van der Waals surface area contributed by atoms with Crippen LogP contribution < -0.4 is 0 Å². The van der Waals surface area contributed by atoms with Gasteiger partial charge in [-0.1, -0.05) is 26.3 Å². The first-order valence-corrected chi connectivity index (χ1v) is 5.27. The molecule has 3 nitrogen and oxygen atoms in total. The second-order valence-corrected chi connectivity index (χ2v) is 5.30. The summed E-state index contributed by atoms with van der Waals surface area (Å²) in [5, 5.41) is 0. The number of ether oxygens (including phenoxy) is 2. The van der Waals surface area contributed by atoms with Gasteiger partial charge in [0.25, 0.3) is 0 Å². The summed E-state index contributed by atoms with van der Waals surface area (Å²) in [5.41, 5.74) is 1.42. The molecule has 3 heteroatoms. The van der Waals surface area contributed by atoms with Crippen LogP contribution in [0.1, 0.15) is 41.5 Å². The maximum absolute atomic E-state index is 11.7. The van der Waals surface area contributed by atoms with Gasteiger partial charge in [-0.15, -0.1) is 0 Å². The van der Waals surface area contributed by atoms with Crippen molar-refractivity contribution in [2.45, 2.75) is 53.9 Å². The minimum absolute atomic E-state index is 0.180. The van der Waals surface area contributed by atoms with Crippen LogP contribution in [0.15, 0.2) is 11.1 Å². The quantitative estimate of drug-likeness (QED) is 0.457. The minimum Gasteiger partial charge on any atom is -0.432 e. The molecule has 1 saturated heterocycles. The Kier molecular flexibility index (Phi) is 3.24. The van der Waals surface area contributed by atoms with E-state index in [9.17, 15) is 4.79 Å². The normalized spacial score (nSPS) is 27.6. The van der Waals surface area contributed by atoms with Crippen molar-refractivity contribution in [3.05, 3.63) is 11.1 Å². The Morgan fingerprint density at radius 3 is 2.13 bits per heavy atom. The fraction of sp³-hybridized carbons (Fsp3) is 0.750. The average molecular weight is 212 g/mol. The zero-order valence-corrected chi connectivity index (χ0v) is 10.4. The van der Waals surface area contributed by atoms with Gasteiger partial charge < -0.3 is 9.47 Å². The molecular formula is C12H20O3. The van der Waals surface area contributed by atoms with Gasteiger partial charge in [0.2, 0.25) is 6.29 Å². The second-order valence-electron chi connectivity index (χ2n) is 5.30. The third-order valence-electron chi connectivity index (χ3n) is 2.41. The van der Waals surface area contributed by atoms with Crippen LogP contribution in [0.2, 0.25) is 0 Å². The van der Waals surface area contributed by atoms with Gasteiger partial charge in [-0.3, -0.25) is 0 Å². The van der Waals surface area contributed by atoms with Crippen molar-refractivity contribution in [2.75, 3.05) is 0 Å². The predicted octanol–water partition coefficient (Wildman–Crippen LogP) is 2.66. The predicted molar refractivity (Wildman–Crippen MR) is 58.3 cm³/mol. The van der Waals surface area contributed by atoms with E-state index < -0.39 is 6.29 Å². The van der Waals surface area contributed by atoms with Gasteiger partial charge >= 0.3 is 5.97 Å². The highest BCUT2D eigenvalue weighted by molar-refractivity contribution is 5.90. The number of esters is 1. The van der Waals surface area contributed by atoms with Crippen LogP contribution in [0.4, 0.5) is 0 Å². The molecule has 1 heterocycles. The Bertz CT molecular complexity index is 292. The van der Waals surface area contributed by atoms with E-state index >= 15 is 0 Å². The van der Waals surface area contributed by atoms with Gasteiger partial charge in [0.15, 0.2) is 0 Å². The topological polar surface area (TPSA) is 35.5 Å². The van der Waals surface area contributed by atoms with Crippen LogP contribution in [0.5, 0.6) is 0 Å². The first-order valence-electron chi connectivity index (χ1n) is 5.27. The summed E-state index contributed by atoms with van der Waals surface area (Å²) in [6, 6.07) is 0. The molecule has 1 aliphatic rings. The second kappa shape index (κ2) is 3.97. The van der Waals surface area contributed by atoms with Crippen LogP contribution >= 0.6 is 0 Å². The van der Waals surface area contributed by atoms with Crippen molar-refractivity contribution in [3.8, 4) is 0 Å². The smallest absolute Gasteiger partial charge is 0.338 e. The molecule has 0 spiro atoms. The molecule has 0 aromatic carbocycles. The number of allylic oxidation sites excluding steroid dienone is 1. The number of carbonyl (C=O) groups is 1. The molecule has 2 atom stereocenters. The fourth-order valence-corrected chi connectivity index (χ4v) is 1.60. The lowest BCUT2D eigenvalue weighted by molar-refractivity contribution is -0.226. The molecule has 0 aromatic rings. The van der Waals surface area contributed by atoms with Gasteiger partial charge in [-0.2, -0.15) is 0 Å². The molecule has 0 N–H and O–H groups in total. The van der Waals surface area contributed by atoms with E-state index in [0.29, 0.717) is 5.57 Å². The van der Waals surface area contributed by atoms with Crippen molar-refractivity contribution in [1.82, 2.24) is 0 Å². The lowest BCUT2D eigenvalue weighted by Crippen LogP contribution is -2.43. The molecule has 0 amide bonds. The van der Waals surface area contributed by atoms with Crippen LogP contribution in [0, 0.1) is 5.41 Å². The zero-order chi connectivity index (χ0) is 11.8. The van der Waals surface area contributed by atoms with Crippen LogP contribution in [-0.4, -0.2) is 18.4 Å². The number of rotatable bonds is 0. The molecule has 1 fully saturated rings. The first-order chi connectivity index (χ1) is 6.73. The van der Waals surface area contributed by atoms with Gasteiger partial charge in [0, 0.05) is 5.41 Å². The third-order valence-corrected chi connectivity index (χ3v) is 2.41. The molecule has 1 aliphatic heterocycles. The number of hydrogen-bond donors (Lipinski definition) is 0. The van der Waals surface area contributed by atoms with E-state index in [2.05, 4.69) is 0 Å². The minimum atomic E-state index is -0.455. The summed E-state index contributed by atoms with van der Waals surface area (Å²) in [7, 11) is 0.